The second kappa shape index (κ2) is 5.27. The maximum atomic E-state index is 12.9. The Kier molecular flexibility index (Phi) is 3.72. The molecule has 0 atom stereocenters. The van der Waals surface area contributed by atoms with Gasteiger partial charge in [-0.3, -0.25) is 4.79 Å². The van der Waals surface area contributed by atoms with Crippen molar-refractivity contribution in [2.45, 2.75) is 6.92 Å². The molecule has 1 heterocycles. The van der Waals surface area contributed by atoms with Gasteiger partial charge in [0.1, 0.15) is 5.69 Å². The van der Waals surface area contributed by atoms with E-state index in [1.54, 1.807) is 6.07 Å². The first-order valence-electron chi connectivity index (χ1n) is 5.26. The Bertz CT molecular complexity index is 601. The predicted octanol–water partition coefficient (Wildman–Crippen LogP) is 3.54. The van der Waals surface area contributed by atoms with E-state index >= 15 is 0 Å². The molecule has 2 aromatic rings. The van der Waals surface area contributed by atoms with Crippen molar-refractivity contribution in [2.75, 3.05) is 5.32 Å². The molecule has 3 nitrogen and oxygen atoms in total. The van der Waals surface area contributed by atoms with E-state index in [0.29, 0.717) is 5.69 Å². The van der Waals surface area contributed by atoms with Crippen LogP contribution < -0.4 is 5.32 Å². The number of benzene rings is 1. The third kappa shape index (κ3) is 2.92. The Morgan fingerprint density at radius 3 is 2.78 bits per heavy atom. The molecule has 1 aromatic heterocycles. The van der Waals surface area contributed by atoms with Gasteiger partial charge in [-0.15, -0.1) is 0 Å². The van der Waals surface area contributed by atoms with Crippen LogP contribution in [0.15, 0.2) is 40.9 Å². The van der Waals surface area contributed by atoms with Crippen LogP contribution in [0.5, 0.6) is 0 Å². The summed E-state index contributed by atoms with van der Waals surface area (Å²) in [5, 5.41) is 2.69. The highest BCUT2D eigenvalue weighted by Gasteiger charge is 2.09. The standard InChI is InChI=1S/C13H10BrFN2O/c1-8-7-9(14)5-6-10(8)17-13(18)11-3-2-4-12(15)16-11/h2-7H,1H3,(H,17,18). The van der Waals surface area contributed by atoms with E-state index < -0.39 is 11.9 Å². The van der Waals surface area contributed by atoms with Crippen LogP contribution in [0, 0.1) is 12.9 Å². The van der Waals surface area contributed by atoms with E-state index in [1.165, 1.54) is 18.2 Å². The van der Waals surface area contributed by atoms with Crippen molar-refractivity contribution >= 4 is 27.5 Å². The van der Waals surface area contributed by atoms with Gasteiger partial charge in [0.15, 0.2) is 0 Å². The van der Waals surface area contributed by atoms with Gasteiger partial charge >= 0.3 is 0 Å². The minimum atomic E-state index is -0.671. The fourth-order valence-electron chi connectivity index (χ4n) is 1.49. The normalized spacial score (nSPS) is 10.2. The lowest BCUT2D eigenvalue weighted by molar-refractivity contribution is 0.102. The van der Waals surface area contributed by atoms with Crippen molar-refractivity contribution in [3.8, 4) is 0 Å². The minimum Gasteiger partial charge on any atom is -0.320 e. The minimum absolute atomic E-state index is 0.0531. The number of nitrogens with one attached hydrogen (secondary N) is 1. The van der Waals surface area contributed by atoms with Crippen molar-refractivity contribution < 1.29 is 9.18 Å². The SMILES string of the molecule is Cc1cc(Br)ccc1NC(=O)c1cccc(F)n1. The quantitative estimate of drug-likeness (QED) is 0.862. The topological polar surface area (TPSA) is 42.0 Å². The first kappa shape index (κ1) is 12.7. The molecular weight excluding hydrogens is 299 g/mol. The zero-order valence-corrected chi connectivity index (χ0v) is 11.2. The van der Waals surface area contributed by atoms with Crippen LogP contribution in [0.4, 0.5) is 10.1 Å². The summed E-state index contributed by atoms with van der Waals surface area (Å²) >= 11 is 3.34. The predicted molar refractivity (Wildman–Crippen MR) is 71.0 cm³/mol. The van der Waals surface area contributed by atoms with E-state index in [0.717, 1.165) is 10.0 Å². The molecule has 0 fully saturated rings. The van der Waals surface area contributed by atoms with E-state index in [-0.39, 0.29) is 5.69 Å². The number of hydrogen-bond donors (Lipinski definition) is 1. The molecule has 0 bridgehead atoms. The number of carbonyl (C=O) groups excluding carboxylic acids is 1. The first-order chi connectivity index (χ1) is 8.56. The van der Waals surface area contributed by atoms with Gasteiger partial charge in [-0.25, -0.2) is 4.98 Å². The van der Waals surface area contributed by atoms with Crippen LogP contribution in [0.3, 0.4) is 0 Å². The number of halogens is 2. The number of carbonyl (C=O) groups is 1. The van der Waals surface area contributed by atoms with E-state index in [4.69, 9.17) is 0 Å². The molecule has 2 rings (SSSR count). The lowest BCUT2D eigenvalue weighted by atomic mass is 10.2. The molecule has 18 heavy (non-hydrogen) atoms. The molecule has 1 aromatic carbocycles. The molecule has 0 aliphatic carbocycles. The summed E-state index contributed by atoms with van der Waals surface area (Å²) in [5.74, 6) is -1.10. The summed E-state index contributed by atoms with van der Waals surface area (Å²) in [7, 11) is 0. The molecule has 0 unspecified atom stereocenters. The van der Waals surface area contributed by atoms with E-state index in [2.05, 4.69) is 26.2 Å². The van der Waals surface area contributed by atoms with Gasteiger partial charge in [-0.2, -0.15) is 4.39 Å². The van der Waals surface area contributed by atoms with Gasteiger partial charge in [0.25, 0.3) is 5.91 Å². The summed E-state index contributed by atoms with van der Waals surface area (Å²) in [4.78, 5) is 15.4. The van der Waals surface area contributed by atoms with Crippen LogP contribution in [0.25, 0.3) is 0 Å². The number of anilines is 1. The number of pyridine rings is 1. The highest BCUT2D eigenvalue weighted by atomic mass is 79.9. The number of amides is 1. The fraction of sp³-hybridized carbons (Fsp3) is 0.0769. The van der Waals surface area contributed by atoms with Crippen LogP contribution in [-0.4, -0.2) is 10.9 Å². The molecule has 1 N–H and O–H groups in total. The molecule has 0 spiro atoms. The monoisotopic (exact) mass is 308 g/mol. The van der Waals surface area contributed by atoms with Crippen LogP contribution in [0.1, 0.15) is 16.1 Å². The molecule has 0 radical (unpaired) electrons. The van der Waals surface area contributed by atoms with Crippen LogP contribution in [-0.2, 0) is 0 Å². The van der Waals surface area contributed by atoms with Crippen molar-refractivity contribution in [3.63, 3.8) is 0 Å². The molecular formula is C13H10BrFN2O. The van der Waals surface area contributed by atoms with Crippen molar-refractivity contribution in [2.24, 2.45) is 0 Å². The number of hydrogen-bond acceptors (Lipinski definition) is 2. The van der Waals surface area contributed by atoms with Crippen LogP contribution in [0.2, 0.25) is 0 Å². The molecule has 0 saturated carbocycles. The Labute approximate surface area is 112 Å². The summed E-state index contributed by atoms with van der Waals surface area (Å²) in [6, 6.07) is 9.59. The molecule has 0 aliphatic heterocycles. The number of aryl methyl sites for hydroxylation is 1. The summed E-state index contributed by atoms with van der Waals surface area (Å²) in [6.07, 6.45) is 0. The maximum Gasteiger partial charge on any atom is 0.274 e. The lowest BCUT2D eigenvalue weighted by Crippen LogP contribution is -2.14. The Hall–Kier alpha value is -1.75. The van der Waals surface area contributed by atoms with Crippen molar-refractivity contribution in [3.05, 3.63) is 58.1 Å². The molecule has 1 amide bonds. The van der Waals surface area contributed by atoms with Gasteiger partial charge in [0.05, 0.1) is 0 Å². The molecule has 0 saturated heterocycles. The van der Waals surface area contributed by atoms with E-state index in [9.17, 15) is 9.18 Å². The maximum absolute atomic E-state index is 12.9. The summed E-state index contributed by atoms with van der Waals surface area (Å²) in [6.45, 7) is 1.87. The van der Waals surface area contributed by atoms with Gasteiger partial charge < -0.3 is 5.32 Å². The zero-order chi connectivity index (χ0) is 13.1. The molecule has 0 aliphatic rings. The van der Waals surface area contributed by atoms with Crippen LogP contribution >= 0.6 is 15.9 Å². The lowest BCUT2D eigenvalue weighted by Gasteiger charge is -2.08. The summed E-state index contributed by atoms with van der Waals surface area (Å²) < 4.78 is 13.8. The highest BCUT2D eigenvalue weighted by molar-refractivity contribution is 9.10. The van der Waals surface area contributed by atoms with Gasteiger partial charge in [-0.05, 0) is 42.8 Å². The van der Waals surface area contributed by atoms with E-state index in [1.807, 2.05) is 19.1 Å². The molecule has 92 valence electrons. The Morgan fingerprint density at radius 1 is 1.33 bits per heavy atom. The average molecular weight is 309 g/mol. The molecule has 5 heteroatoms. The van der Waals surface area contributed by atoms with Crippen molar-refractivity contribution in [1.29, 1.82) is 0 Å². The van der Waals surface area contributed by atoms with Gasteiger partial charge in [0.2, 0.25) is 5.95 Å². The van der Waals surface area contributed by atoms with Gasteiger partial charge in [-0.1, -0.05) is 22.0 Å². The highest BCUT2D eigenvalue weighted by Crippen LogP contribution is 2.20. The average Bonchev–Trinajstić information content (AvgIpc) is 2.32. The third-order valence-corrected chi connectivity index (χ3v) is 2.88. The first-order valence-corrected chi connectivity index (χ1v) is 6.05. The second-order valence-electron chi connectivity index (χ2n) is 3.76. The number of rotatable bonds is 2. The number of aromatic nitrogens is 1. The Morgan fingerprint density at radius 2 is 2.11 bits per heavy atom. The smallest absolute Gasteiger partial charge is 0.274 e. The largest absolute Gasteiger partial charge is 0.320 e. The number of nitrogens with zero attached hydrogens (tertiary/aromatic N) is 1. The second-order valence-corrected chi connectivity index (χ2v) is 4.67. The zero-order valence-electron chi connectivity index (χ0n) is 9.58. The third-order valence-electron chi connectivity index (χ3n) is 2.38. The van der Waals surface area contributed by atoms with Crippen molar-refractivity contribution in [1.82, 2.24) is 4.98 Å². The van der Waals surface area contributed by atoms with Gasteiger partial charge in [0, 0.05) is 10.2 Å². The Balaban J connectivity index is 2.21. The summed E-state index contributed by atoms with van der Waals surface area (Å²) in [5.41, 5.74) is 1.64. The fourth-order valence-corrected chi connectivity index (χ4v) is 1.96.